The molecule has 0 bridgehead atoms. The molecule has 0 radical (unpaired) electrons. The number of aromatic nitrogens is 2. The third-order valence-corrected chi connectivity index (χ3v) is 5.59. The van der Waals surface area contributed by atoms with Crippen LogP contribution in [0.4, 0.5) is 5.69 Å². The van der Waals surface area contributed by atoms with Gasteiger partial charge in [-0.15, -0.1) is 0 Å². The molecule has 5 nitrogen and oxygen atoms in total. The predicted molar refractivity (Wildman–Crippen MR) is 83.9 cm³/mol. The van der Waals surface area contributed by atoms with Crippen molar-refractivity contribution in [3.8, 4) is 11.3 Å². The van der Waals surface area contributed by atoms with Gasteiger partial charge in [-0.25, -0.2) is 8.42 Å². The maximum atomic E-state index is 11.6. The Kier molecular flexibility index (Phi) is 3.28. The minimum absolute atomic E-state index is 0.100. The lowest BCUT2D eigenvalue weighted by Gasteiger charge is -2.07. The fraction of sp³-hybridized carbons (Fsp3) is 0.400. The molecule has 1 aliphatic rings. The highest BCUT2D eigenvalue weighted by Gasteiger charge is 2.30. The zero-order valence-corrected chi connectivity index (χ0v) is 13.0. The summed E-state index contributed by atoms with van der Waals surface area (Å²) in [6.07, 6.45) is 2.36. The van der Waals surface area contributed by atoms with E-state index < -0.39 is 9.84 Å². The van der Waals surface area contributed by atoms with Crippen LogP contribution in [0.3, 0.4) is 0 Å². The summed E-state index contributed by atoms with van der Waals surface area (Å²) in [5.74, 6) is 0.386. The summed E-state index contributed by atoms with van der Waals surface area (Å²) in [6.45, 7) is 4.07. The van der Waals surface area contributed by atoms with Crippen LogP contribution in [-0.2, 0) is 9.84 Å². The molecule has 1 saturated heterocycles. The Morgan fingerprint density at radius 3 is 2.48 bits per heavy atom. The van der Waals surface area contributed by atoms with Crippen LogP contribution >= 0.6 is 0 Å². The van der Waals surface area contributed by atoms with E-state index in [1.165, 1.54) is 0 Å². The SMILES string of the molecule is Cc1cc(C)cc(-c2nn(C3CCS(=O)(=O)C3)cc2N)c1. The maximum absolute atomic E-state index is 11.6. The Bertz CT molecular complexity index is 773. The molecule has 6 heteroatoms. The van der Waals surface area contributed by atoms with Crippen molar-refractivity contribution in [1.29, 1.82) is 0 Å². The van der Waals surface area contributed by atoms with Crippen LogP contribution in [-0.4, -0.2) is 29.7 Å². The van der Waals surface area contributed by atoms with Crippen LogP contribution in [0.2, 0.25) is 0 Å². The van der Waals surface area contributed by atoms with Crippen molar-refractivity contribution < 1.29 is 8.42 Å². The van der Waals surface area contributed by atoms with Gasteiger partial charge in [0, 0.05) is 11.8 Å². The molecular formula is C15H19N3O2S. The first-order chi connectivity index (χ1) is 9.84. The molecule has 0 aliphatic carbocycles. The second-order valence-electron chi connectivity index (χ2n) is 5.85. The fourth-order valence-corrected chi connectivity index (χ4v) is 4.62. The monoisotopic (exact) mass is 305 g/mol. The number of nitrogen functional groups attached to an aromatic ring is 1. The molecule has 0 spiro atoms. The Balaban J connectivity index is 1.98. The van der Waals surface area contributed by atoms with Gasteiger partial charge in [0.1, 0.15) is 5.69 Å². The zero-order valence-electron chi connectivity index (χ0n) is 12.2. The number of nitrogens with zero attached hydrogens (tertiary/aromatic N) is 2. The van der Waals surface area contributed by atoms with Gasteiger partial charge in [-0.2, -0.15) is 5.10 Å². The average molecular weight is 305 g/mol. The van der Waals surface area contributed by atoms with Crippen LogP contribution in [0.25, 0.3) is 11.3 Å². The molecule has 1 unspecified atom stereocenters. The van der Waals surface area contributed by atoms with Gasteiger partial charge in [-0.1, -0.05) is 17.2 Å². The highest BCUT2D eigenvalue weighted by atomic mass is 32.2. The second-order valence-corrected chi connectivity index (χ2v) is 8.08. The van der Waals surface area contributed by atoms with Crippen LogP contribution in [0, 0.1) is 13.8 Å². The molecule has 0 amide bonds. The van der Waals surface area contributed by atoms with E-state index in [2.05, 4.69) is 11.2 Å². The summed E-state index contributed by atoms with van der Waals surface area (Å²) < 4.78 is 24.9. The number of sulfone groups is 1. The van der Waals surface area contributed by atoms with Gasteiger partial charge < -0.3 is 5.73 Å². The molecular weight excluding hydrogens is 286 g/mol. The van der Waals surface area contributed by atoms with Crippen molar-refractivity contribution in [2.45, 2.75) is 26.3 Å². The number of rotatable bonds is 2. The van der Waals surface area contributed by atoms with Gasteiger partial charge in [-0.05, 0) is 32.4 Å². The minimum Gasteiger partial charge on any atom is -0.396 e. The molecule has 1 aromatic heterocycles. The number of anilines is 1. The van der Waals surface area contributed by atoms with E-state index in [1.807, 2.05) is 26.0 Å². The molecule has 112 valence electrons. The van der Waals surface area contributed by atoms with E-state index in [-0.39, 0.29) is 17.5 Å². The largest absolute Gasteiger partial charge is 0.396 e. The summed E-state index contributed by atoms with van der Waals surface area (Å²) >= 11 is 0. The number of nitrogens with two attached hydrogens (primary N) is 1. The smallest absolute Gasteiger partial charge is 0.152 e. The third kappa shape index (κ3) is 2.81. The Morgan fingerprint density at radius 1 is 1.24 bits per heavy atom. The maximum Gasteiger partial charge on any atom is 0.152 e. The molecule has 21 heavy (non-hydrogen) atoms. The number of hydrogen-bond acceptors (Lipinski definition) is 4. The highest BCUT2D eigenvalue weighted by Crippen LogP contribution is 2.30. The number of aryl methyl sites for hydroxylation is 2. The number of hydrogen-bond donors (Lipinski definition) is 1. The number of benzene rings is 1. The summed E-state index contributed by atoms with van der Waals surface area (Å²) in [5, 5.41) is 4.54. The third-order valence-electron chi connectivity index (χ3n) is 3.84. The van der Waals surface area contributed by atoms with Crippen molar-refractivity contribution in [2.24, 2.45) is 0 Å². The average Bonchev–Trinajstić information content (AvgIpc) is 2.91. The Labute approximate surface area is 124 Å². The Morgan fingerprint density at radius 2 is 1.90 bits per heavy atom. The van der Waals surface area contributed by atoms with Gasteiger partial charge in [-0.3, -0.25) is 4.68 Å². The molecule has 1 fully saturated rings. The van der Waals surface area contributed by atoms with E-state index in [1.54, 1.807) is 10.9 Å². The van der Waals surface area contributed by atoms with Crippen LogP contribution in [0.5, 0.6) is 0 Å². The van der Waals surface area contributed by atoms with Gasteiger partial charge in [0.05, 0.1) is 23.2 Å². The summed E-state index contributed by atoms with van der Waals surface area (Å²) in [7, 11) is -2.93. The summed E-state index contributed by atoms with van der Waals surface area (Å²) in [5.41, 5.74) is 10.7. The van der Waals surface area contributed by atoms with Crippen LogP contribution < -0.4 is 5.73 Å². The first-order valence-electron chi connectivity index (χ1n) is 6.98. The lowest BCUT2D eigenvalue weighted by Crippen LogP contribution is -2.11. The van der Waals surface area contributed by atoms with Crippen LogP contribution in [0.15, 0.2) is 24.4 Å². The minimum atomic E-state index is -2.93. The quantitative estimate of drug-likeness (QED) is 0.921. The first-order valence-corrected chi connectivity index (χ1v) is 8.80. The van der Waals surface area contributed by atoms with Crippen molar-refractivity contribution >= 4 is 15.5 Å². The molecule has 2 heterocycles. The van der Waals surface area contributed by atoms with Gasteiger partial charge in [0.25, 0.3) is 0 Å². The standard InChI is InChI=1S/C15H19N3O2S/c1-10-5-11(2)7-12(6-10)15-14(16)8-18(17-15)13-3-4-21(19,20)9-13/h5-8,13H,3-4,9,16H2,1-2H3. The highest BCUT2D eigenvalue weighted by molar-refractivity contribution is 7.91. The van der Waals surface area contributed by atoms with Crippen LogP contribution in [0.1, 0.15) is 23.6 Å². The van der Waals surface area contributed by atoms with Gasteiger partial charge in [0.2, 0.25) is 0 Å². The molecule has 0 saturated carbocycles. The predicted octanol–water partition coefficient (Wildman–Crippen LogP) is 2.11. The first kappa shape index (κ1) is 14.1. The molecule has 1 aromatic carbocycles. The molecule has 1 aliphatic heterocycles. The van der Waals surface area contributed by atoms with Crippen molar-refractivity contribution in [3.63, 3.8) is 0 Å². The van der Waals surface area contributed by atoms with E-state index in [9.17, 15) is 8.42 Å². The molecule has 2 N–H and O–H groups in total. The summed E-state index contributed by atoms with van der Waals surface area (Å²) in [4.78, 5) is 0. The fourth-order valence-electron chi connectivity index (χ4n) is 2.91. The van der Waals surface area contributed by atoms with E-state index in [0.29, 0.717) is 12.1 Å². The normalized spacial score (nSPS) is 20.8. The van der Waals surface area contributed by atoms with E-state index in [0.717, 1.165) is 22.4 Å². The lowest BCUT2D eigenvalue weighted by molar-refractivity contribution is 0.501. The molecule has 2 aromatic rings. The topological polar surface area (TPSA) is 78.0 Å². The van der Waals surface area contributed by atoms with Gasteiger partial charge in [0.15, 0.2) is 9.84 Å². The molecule has 3 rings (SSSR count). The van der Waals surface area contributed by atoms with Crippen molar-refractivity contribution in [2.75, 3.05) is 17.2 Å². The summed E-state index contributed by atoms with van der Waals surface area (Å²) in [6, 6.07) is 6.08. The molecule has 1 atom stereocenters. The zero-order chi connectivity index (χ0) is 15.2. The Hall–Kier alpha value is -1.82. The lowest BCUT2D eigenvalue weighted by atomic mass is 10.0. The van der Waals surface area contributed by atoms with E-state index >= 15 is 0 Å². The van der Waals surface area contributed by atoms with Crippen molar-refractivity contribution in [1.82, 2.24) is 9.78 Å². The van der Waals surface area contributed by atoms with E-state index in [4.69, 9.17) is 5.73 Å². The van der Waals surface area contributed by atoms with Crippen molar-refractivity contribution in [3.05, 3.63) is 35.5 Å². The van der Waals surface area contributed by atoms with Gasteiger partial charge >= 0.3 is 0 Å². The second kappa shape index (κ2) is 4.87.